The van der Waals surface area contributed by atoms with E-state index in [0.717, 1.165) is 17.7 Å². The number of amides is 1. The van der Waals surface area contributed by atoms with Crippen LogP contribution in [0.2, 0.25) is 0 Å². The molecule has 1 aliphatic rings. The summed E-state index contributed by atoms with van der Waals surface area (Å²) in [6.45, 7) is 2.00. The first-order valence-corrected chi connectivity index (χ1v) is 7.44. The van der Waals surface area contributed by atoms with Crippen molar-refractivity contribution in [3.63, 3.8) is 0 Å². The van der Waals surface area contributed by atoms with Crippen LogP contribution < -0.4 is 10.6 Å². The minimum Gasteiger partial charge on any atom is -0.396 e. The van der Waals surface area contributed by atoms with Crippen LogP contribution in [0.1, 0.15) is 22.8 Å². The van der Waals surface area contributed by atoms with Crippen LogP contribution in [0.15, 0.2) is 40.9 Å². The minimum atomic E-state index is -0.534. The molecule has 0 spiro atoms. The van der Waals surface area contributed by atoms with Crippen molar-refractivity contribution in [1.29, 1.82) is 0 Å². The van der Waals surface area contributed by atoms with Gasteiger partial charge in [0.1, 0.15) is 5.82 Å². The maximum absolute atomic E-state index is 13.4. The van der Waals surface area contributed by atoms with E-state index in [0.29, 0.717) is 10.0 Å². The lowest BCUT2D eigenvalue weighted by Crippen LogP contribution is -2.36. The van der Waals surface area contributed by atoms with Crippen molar-refractivity contribution in [2.24, 2.45) is 0 Å². The van der Waals surface area contributed by atoms with Crippen molar-refractivity contribution in [2.45, 2.75) is 19.4 Å². The lowest BCUT2D eigenvalue weighted by molar-refractivity contribution is 0.0980. The number of nitrogens with two attached hydrogens (primary N) is 1. The molecule has 3 nitrogen and oxygen atoms in total. The molecule has 2 N–H and O–H groups in total. The molecule has 1 aliphatic heterocycles. The van der Waals surface area contributed by atoms with Gasteiger partial charge in [-0.2, -0.15) is 0 Å². The molecular weight excluding hydrogens is 335 g/mol. The number of anilines is 2. The Morgan fingerprint density at radius 3 is 2.86 bits per heavy atom. The van der Waals surface area contributed by atoms with Gasteiger partial charge in [-0.15, -0.1) is 0 Å². The highest BCUT2D eigenvalue weighted by molar-refractivity contribution is 9.10. The Bertz CT molecular complexity index is 732. The third-order valence-electron chi connectivity index (χ3n) is 3.74. The first kappa shape index (κ1) is 14.1. The van der Waals surface area contributed by atoms with Gasteiger partial charge in [0.05, 0.1) is 11.3 Å². The van der Waals surface area contributed by atoms with Gasteiger partial charge in [-0.3, -0.25) is 4.79 Å². The Labute approximate surface area is 130 Å². The summed E-state index contributed by atoms with van der Waals surface area (Å²) in [6.07, 6.45) is 0.816. The summed E-state index contributed by atoms with van der Waals surface area (Å²) >= 11 is 3.25. The number of carbonyl (C=O) groups excluding carboxylic acids is 1. The topological polar surface area (TPSA) is 46.3 Å². The van der Waals surface area contributed by atoms with Crippen molar-refractivity contribution < 1.29 is 9.18 Å². The first-order valence-electron chi connectivity index (χ1n) is 6.65. The average Bonchev–Trinajstić information content (AvgIpc) is 2.78. The highest BCUT2D eigenvalue weighted by atomic mass is 79.9. The molecule has 1 amide bonds. The first-order chi connectivity index (χ1) is 9.99. The normalized spacial score (nSPS) is 16.9. The van der Waals surface area contributed by atoms with Crippen LogP contribution in [0.5, 0.6) is 0 Å². The molecule has 5 heteroatoms. The zero-order valence-corrected chi connectivity index (χ0v) is 13.0. The van der Waals surface area contributed by atoms with Crippen molar-refractivity contribution in [1.82, 2.24) is 0 Å². The van der Waals surface area contributed by atoms with Crippen LogP contribution in [0, 0.1) is 5.82 Å². The van der Waals surface area contributed by atoms with Crippen molar-refractivity contribution in [3.8, 4) is 0 Å². The molecule has 0 fully saturated rings. The molecule has 0 bridgehead atoms. The highest BCUT2D eigenvalue weighted by Crippen LogP contribution is 2.34. The molecule has 1 unspecified atom stereocenters. The summed E-state index contributed by atoms with van der Waals surface area (Å²) in [6, 6.07) is 10.5. The number of fused-ring (bicyclic) bond motifs is 1. The van der Waals surface area contributed by atoms with Gasteiger partial charge in [0.2, 0.25) is 0 Å². The molecule has 3 rings (SSSR count). The number of halogens is 2. The number of hydrogen-bond donors (Lipinski definition) is 1. The fraction of sp³-hybridized carbons (Fsp3) is 0.188. The molecule has 0 saturated heterocycles. The molecular formula is C16H14BrFN2O. The SMILES string of the molecule is CC1Cc2ccccc2N1C(=O)c1cc(N)c(F)cc1Br. The van der Waals surface area contributed by atoms with Crippen LogP contribution in [0.3, 0.4) is 0 Å². The maximum Gasteiger partial charge on any atom is 0.259 e. The van der Waals surface area contributed by atoms with E-state index in [1.54, 1.807) is 4.90 Å². The van der Waals surface area contributed by atoms with Gasteiger partial charge in [0.15, 0.2) is 0 Å². The lowest BCUT2D eigenvalue weighted by Gasteiger charge is -2.23. The summed E-state index contributed by atoms with van der Waals surface area (Å²) < 4.78 is 13.8. The van der Waals surface area contributed by atoms with Gasteiger partial charge >= 0.3 is 0 Å². The minimum absolute atomic E-state index is 0.0262. The van der Waals surface area contributed by atoms with Crippen LogP contribution >= 0.6 is 15.9 Å². The van der Waals surface area contributed by atoms with Gasteiger partial charge in [-0.05, 0) is 53.0 Å². The third kappa shape index (κ3) is 2.31. The van der Waals surface area contributed by atoms with Crippen molar-refractivity contribution in [3.05, 3.63) is 57.8 Å². The second-order valence-corrected chi connectivity index (χ2v) is 6.06. The standard InChI is InChI=1S/C16H14BrFN2O/c1-9-6-10-4-2-3-5-15(10)20(9)16(21)11-7-14(19)13(18)8-12(11)17/h2-5,7-9H,6,19H2,1H3. The van der Waals surface area contributed by atoms with E-state index in [1.807, 2.05) is 31.2 Å². The Kier molecular flexibility index (Phi) is 3.45. The van der Waals surface area contributed by atoms with Crippen molar-refractivity contribution >= 4 is 33.2 Å². The summed E-state index contributed by atoms with van der Waals surface area (Å²) in [5, 5.41) is 0. The molecule has 108 valence electrons. The van der Waals surface area contributed by atoms with Crippen molar-refractivity contribution in [2.75, 3.05) is 10.6 Å². The van der Waals surface area contributed by atoms with Gasteiger partial charge in [0, 0.05) is 16.2 Å². The fourth-order valence-corrected chi connectivity index (χ4v) is 3.22. The lowest BCUT2D eigenvalue weighted by atomic mass is 10.1. The van der Waals surface area contributed by atoms with Crippen LogP contribution in [0.25, 0.3) is 0 Å². The number of hydrogen-bond acceptors (Lipinski definition) is 2. The zero-order chi connectivity index (χ0) is 15.1. The van der Waals surface area contributed by atoms with Gasteiger partial charge in [-0.1, -0.05) is 18.2 Å². The second-order valence-electron chi connectivity index (χ2n) is 5.21. The molecule has 0 aliphatic carbocycles. The number of nitrogens with zero attached hydrogens (tertiary/aromatic N) is 1. The third-order valence-corrected chi connectivity index (χ3v) is 4.40. The fourth-order valence-electron chi connectivity index (χ4n) is 2.73. The Balaban J connectivity index is 2.05. The van der Waals surface area contributed by atoms with E-state index < -0.39 is 5.82 Å². The molecule has 21 heavy (non-hydrogen) atoms. The van der Waals surface area contributed by atoms with Gasteiger partial charge < -0.3 is 10.6 Å². The summed E-state index contributed by atoms with van der Waals surface area (Å²) in [4.78, 5) is 14.6. The van der Waals surface area contributed by atoms with E-state index >= 15 is 0 Å². The predicted molar refractivity (Wildman–Crippen MR) is 84.9 cm³/mol. The molecule has 0 radical (unpaired) electrons. The smallest absolute Gasteiger partial charge is 0.259 e. The Morgan fingerprint density at radius 2 is 2.10 bits per heavy atom. The highest BCUT2D eigenvalue weighted by Gasteiger charge is 2.32. The maximum atomic E-state index is 13.4. The number of nitrogen functional groups attached to an aromatic ring is 1. The summed E-state index contributed by atoms with van der Waals surface area (Å²) in [7, 11) is 0. The Morgan fingerprint density at radius 1 is 1.38 bits per heavy atom. The van der Waals surface area contributed by atoms with E-state index in [9.17, 15) is 9.18 Å². The van der Waals surface area contributed by atoms with E-state index in [-0.39, 0.29) is 17.6 Å². The number of carbonyl (C=O) groups is 1. The number of benzene rings is 2. The number of rotatable bonds is 1. The molecule has 2 aromatic rings. The predicted octanol–water partition coefficient (Wildman–Crippen LogP) is 3.76. The van der Waals surface area contributed by atoms with Gasteiger partial charge in [-0.25, -0.2) is 4.39 Å². The van der Waals surface area contributed by atoms with E-state index in [2.05, 4.69) is 15.9 Å². The average molecular weight is 349 g/mol. The van der Waals surface area contributed by atoms with Gasteiger partial charge in [0.25, 0.3) is 5.91 Å². The molecule has 1 atom stereocenters. The largest absolute Gasteiger partial charge is 0.396 e. The van der Waals surface area contributed by atoms with Crippen LogP contribution in [0.4, 0.5) is 15.8 Å². The quantitative estimate of drug-likeness (QED) is 0.797. The second kappa shape index (κ2) is 5.15. The Hall–Kier alpha value is -1.88. The van der Waals surface area contributed by atoms with E-state index in [1.165, 1.54) is 12.1 Å². The van der Waals surface area contributed by atoms with Crippen LogP contribution in [-0.2, 0) is 6.42 Å². The summed E-state index contributed by atoms with van der Waals surface area (Å²) in [5.74, 6) is -0.709. The molecule has 1 heterocycles. The summed E-state index contributed by atoms with van der Waals surface area (Å²) in [5.41, 5.74) is 7.99. The number of para-hydroxylation sites is 1. The van der Waals surface area contributed by atoms with Crippen LogP contribution in [-0.4, -0.2) is 11.9 Å². The monoisotopic (exact) mass is 348 g/mol. The zero-order valence-electron chi connectivity index (χ0n) is 11.4. The molecule has 0 saturated carbocycles. The molecule has 2 aromatic carbocycles. The molecule has 0 aromatic heterocycles. The van der Waals surface area contributed by atoms with E-state index in [4.69, 9.17) is 5.73 Å².